The topological polar surface area (TPSA) is 66.9 Å². The molecule has 0 fully saturated rings. The molecule has 0 atom stereocenters. The third kappa shape index (κ3) is 5.72. The molecule has 1 aromatic heterocycles. The lowest BCUT2D eigenvalue weighted by molar-refractivity contribution is -0.118. The van der Waals surface area contributed by atoms with Gasteiger partial charge in [0, 0.05) is 17.3 Å². The molecule has 134 valence electrons. The van der Waals surface area contributed by atoms with Gasteiger partial charge in [0.05, 0.1) is 5.75 Å². The largest absolute Gasteiger partial charge is 0.351 e. The van der Waals surface area contributed by atoms with Crippen LogP contribution in [-0.2, 0) is 11.3 Å². The van der Waals surface area contributed by atoms with E-state index < -0.39 is 0 Å². The van der Waals surface area contributed by atoms with Crippen molar-refractivity contribution in [3.8, 4) is 0 Å². The molecule has 26 heavy (non-hydrogen) atoms. The van der Waals surface area contributed by atoms with Crippen molar-refractivity contribution in [2.75, 3.05) is 11.1 Å². The lowest BCUT2D eigenvalue weighted by atomic mass is 10.2. The number of rotatable bonds is 7. The first-order valence-electron chi connectivity index (χ1n) is 7.89. The van der Waals surface area contributed by atoms with Crippen LogP contribution in [0.5, 0.6) is 0 Å². The van der Waals surface area contributed by atoms with Crippen LogP contribution in [0.1, 0.15) is 11.1 Å². The van der Waals surface area contributed by atoms with Crippen molar-refractivity contribution in [1.82, 2.24) is 15.5 Å². The molecule has 0 saturated carbocycles. The lowest BCUT2D eigenvalue weighted by Crippen LogP contribution is -2.24. The predicted octanol–water partition coefficient (Wildman–Crippen LogP) is 4.65. The summed E-state index contributed by atoms with van der Waals surface area (Å²) in [5.41, 5.74) is 3.11. The Hall–Kier alpha value is -2.09. The van der Waals surface area contributed by atoms with Gasteiger partial charge in [-0.3, -0.25) is 4.79 Å². The number of carbonyl (C=O) groups is 1. The Morgan fingerprint density at radius 3 is 2.85 bits per heavy atom. The van der Waals surface area contributed by atoms with Gasteiger partial charge in [-0.1, -0.05) is 59.0 Å². The highest BCUT2D eigenvalue weighted by Gasteiger charge is 2.08. The second-order valence-electron chi connectivity index (χ2n) is 5.56. The van der Waals surface area contributed by atoms with E-state index in [0.717, 1.165) is 15.6 Å². The fourth-order valence-electron chi connectivity index (χ4n) is 2.19. The van der Waals surface area contributed by atoms with Gasteiger partial charge in [-0.2, -0.15) is 0 Å². The van der Waals surface area contributed by atoms with E-state index in [1.165, 1.54) is 28.7 Å². The normalized spacial score (nSPS) is 10.5. The van der Waals surface area contributed by atoms with Crippen LogP contribution < -0.4 is 10.6 Å². The molecule has 0 radical (unpaired) electrons. The summed E-state index contributed by atoms with van der Waals surface area (Å²) in [5.74, 6) is 0.234. The fraction of sp³-hybridized carbons (Fsp3) is 0.167. The van der Waals surface area contributed by atoms with Gasteiger partial charge in [0.2, 0.25) is 11.0 Å². The number of hydrogen-bond acceptors (Lipinski definition) is 6. The van der Waals surface area contributed by atoms with Crippen molar-refractivity contribution >= 4 is 51.4 Å². The van der Waals surface area contributed by atoms with Crippen molar-refractivity contribution in [2.24, 2.45) is 0 Å². The predicted molar refractivity (Wildman–Crippen MR) is 108 cm³/mol. The standard InChI is InChI=1S/C18H17ClN4OS2/c1-12-4-2-7-15(8-12)21-17-22-23-18(26-17)25-11-16(24)20-10-13-5-3-6-14(19)9-13/h2-9H,10-11H2,1H3,(H,20,24)(H,21,22). The average molecular weight is 405 g/mol. The number of halogens is 1. The Morgan fingerprint density at radius 1 is 1.19 bits per heavy atom. The van der Waals surface area contributed by atoms with Crippen molar-refractivity contribution < 1.29 is 4.79 Å². The van der Waals surface area contributed by atoms with Crippen molar-refractivity contribution in [3.05, 3.63) is 64.7 Å². The van der Waals surface area contributed by atoms with E-state index in [-0.39, 0.29) is 5.91 Å². The van der Waals surface area contributed by atoms with E-state index in [0.29, 0.717) is 22.5 Å². The Morgan fingerprint density at radius 2 is 2.04 bits per heavy atom. The maximum Gasteiger partial charge on any atom is 0.230 e. The Bertz CT molecular complexity index is 900. The zero-order chi connectivity index (χ0) is 18.4. The van der Waals surface area contributed by atoms with Crippen LogP contribution in [0, 0.1) is 6.92 Å². The van der Waals surface area contributed by atoms with E-state index in [2.05, 4.69) is 20.8 Å². The molecule has 1 amide bonds. The number of nitrogens with zero attached hydrogens (tertiary/aromatic N) is 2. The van der Waals surface area contributed by atoms with E-state index in [4.69, 9.17) is 11.6 Å². The van der Waals surface area contributed by atoms with Gasteiger partial charge in [0.15, 0.2) is 4.34 Å². The fourth-order valence-corrected chi connectivity index (χ4v) is 4.01. The SMILES string of the molecule is Cc1cccc(Nc2nnc(SCC(=O)NCc3cccc(Cl)c3)s2)c1. The molecule has 1 heterocycles. The third-order valence-corrected chi connectivity index (χ3v) is 5.59. The van der Waals surface area contributed by atoms with E-state index >= 15 is 0 Å². The summed E-state index contributed by atoms with van der Waals surface area (Å²) in [6.45, 7) is 2.49. The first kappa shape index (κ1) is 18.7. The van der Waals surface area contributed by atoms with Crippen molar-refractivity contribution in [3.63, 3.8) is 0 Å². The van der Waals surface area contributed by atoms with Gasteiger partial charge in [-0.15, -0.1) is 10.2 Å². The van der Waals surface area contributed by atoms with E-state index in [1.54, 1.807) is 6.07 Å². The molecule has 2 aromatic carbocycles. The average Bonchev–Trinajstić information content (AvgIpc) is 3.06. The van der Waals surface area contributed by atoms with Gasteiger partial charge in [0.1, 0.15) is 0 Å². The number of hydrogen-bond donors (Lipinski definition) is 2. The molecule has 8 heteroatoms. The van der Waals surface area contributed by atoms with Gasteiger partial charge < -0.3 is 10.6 Å². The lowest BCUT2D eigenvalue weighted by Gasteiger charge is -2.04. The summed E-state index contributed by atoms with van der Waals surface area (Å²) in [6, 6.07) is 15.5. The van der Waals surface area contributed by atoms with E-state index in [1.807, 2.05) is 49.4 Å². The summed E-state index contributed by atoms with van der Waals surface area (Å²) in [4.78, 5) is 12.0. The maximum atomic E-state index is 12.0. The molecule has 0 spiro atoms. The second-order valence-corrected chi connectivity index (χ2v) is 8.20. The summed E-state index contributed by atoms with van der Waals surface area (Å²) in [6.07, 6.45) is 0. The van der Waals surface area contributed by atoms with Crippen LogP contribution in [0.4, 0.5) is 10.8 Å². The molecule has 3 rings (SSSR count). The summed E-state index contributed by atoms with van der Waals surface area (Å²) in [5, 5.41) is 15.7. The number of aromatic nitrogens is 2. The van der Waals surface area contributed by atoms with Crippen LogP contribution in [-0.4, -0.2) is 21.9 Å². The zero-order valence-corrected chi connectivity index (χ0v) is 16.4. The summed E-state index contributed by atoms with van der Waals surface area (Å²) >= 11 is 8.73. The quantitative estimate of drug-likeness (QED) is 0.561. The van der Waals surface area contributed by atoms with Crippen LogP contribution in [0.3, 0.4) is 0 Å². The van der Waals surface area contributed by atoms with Gasteiger partial charge in [0.25, 0.3) is 0 Å². The molecule has 0 aliphatic rings. The van der Waals surface area contributed by atoms with Crippen LogP contribution in [0.25, 0.3) is 0 Å². The molecule has 2 N–H and O–H groups in total. The monoisotopic (exact) mass is 404 g/mol. The van der Waals surface area contributed by atoms with Crippen LogP contribution >= 0.6 is 34.7 Å². The molecule has 0 aliphatic carbocycles. The van der Waals surface area contributed by atoms with Crippen LogP contribution in [0.15, 0.2) is 52.9 Å². The molecule has 3 aromatic rings. The van der Waals surface area contributed by atoms with Crippen molar-refractivity contribution in [2.45, 2.75) is 17.8 Å². The highest BCUT2D eigenvalue weighted by Crippen LogP contribution is 2.27. The second kappa shape index (κ2) is 9.02. The summed E-state index contributed by atoms with van der Waals surface area (Å²) in [7, 11) is 0. The highest BCUT2D eigenvalue weighted by molar-refractivity contribution is 8.01. The molecule has 0 saturated heterocycles. The Balaban J connectivity index is 1.46. The number of benzene rings is 2. The molecular formula is C18H17ClN4OS2. The molecular weight excluding hydrogens is 388 g/mol. The molecule has 5 nitrogen and oxygen atoms in total. The zero-order valence-electron chi connectivity index (χ0n) is 14.0. The number of nitrogens with one attached hydrogen (secondary N) is 2. The number of carbonyl (C=O) groups excluding carboxylic acids is 1. The van der Waals surface area contributed by atoms with Gasteiger partial charge in [-0.25, -0.2) is 0 Å². The third-order valence-electron chi connectivity index (χ3n) is 3.38. The number of aryl methyl sites for hydroxylation is 1. The smallest absolute Gasteiger partial charge is 0.230 e. The molecule has 0 aliphatic heterocycles. The number of amides is 1. The first-order chi connectivity index (χ1) is 12.6. The maximum absolute atomic E-state index is 12.0. The minimum atomic E-state index is -0.0571. The van der Waals surface area contributed by atoms with Gasteiger partial charge in [-0.05, 0) is 42.3 Å². The van der Waals surface area contributed by atoms with Crippen molar-refractivity contribution in [1.29, 1.82) is 0 Å². The Kier molecular flexibility index (Phi) is 6.49. The highest BCUT2D eigenvalue weighted by atomic mass is 35.5. The molecule has 0 unspecified atom stereocenters. The van der Waals surface area contributed by atoms with Crippen LogP contribution in [0.2, 0.25) is 5.02 Å². The number of anilines is 2. The minimum Gasteiger partial charge on any atom is -0.351 e. The molecule has 0 bridgehead atoms. The number of thioether (sulfide) groups is 1. The minimum absolute atomic E-state index is 0.0571. The Labute approximate surface area is 165 Å². The first-order valence-corrected chi connectivity index (χ1v) is 10.1. The summed E-state index contributed by atoms with van der Waals surface area (Å²) < 4.78 is 0.748. The van der Waals surface area contributed by atoms with Gasteiger partial charge >= 0.3 is 0 Å². The van der Waals surface area contributed by atoms with E-state index in [9.17, 15) is 4.79 Å².